The van der Waals surface area contributed by atoms with Crippen molar-refractivity contribution in [3.05, 3.63) is 69.7 Å². The van der Waals surface area contributed by atoms with Crippen molar-refractivity contribution in [1.29, 1.82) is 5.26 Å². The summed E-state index contributed by atoms with van der Waals surface area (Å²) >= 11 is 13.4. The first-order valence-electron chi connectivity index (χ1n) is 5.74. The summed E-state index contributed by atoms with van der Waals surface area (Å²) in [6, 6.07) is 15.4. The first-order chi connectivity index (χ1) is 9.20. The molecule has 0 saturated heterocycles. The summed E-state index contributed by atoms with van der Waals surface area (Å²) in [7, 11) is 0. The van der Waals surface area contributed by atoms with Gasteiger partial charge in [0.25, 0.3) is 0 Å². The van der Waals surface area contributed by atoms with Gasteiger partial charge in [-0.3, -0.25) is 0 Å². The Morgan fingerprint density at radius 1 is 1.11 bits per heavy atom. The molecule has 4 heteroatoms. The number of benzene rings is 2. The van der Waals surface area contributed by atoms with Crippen LogP contribution < -0.4 is 0 Å². The van der Waals surface area contributed by atoms with Crippen molar-refractivity contribution >= 4 is 35.0 Å². The number of nitrogens with zero attached hydrogens (tertiary/aromatic N) is 1. The molecule has 2 aromatic carbocycles. The molecule has 0 radical (unpaired) electrons. The second-order valence-electron chi connectivity index (χ2n) is 4.05. The fourth-order valence-electron chi connectivity index (χ4n) is 1.86. The van der Waals surface area contributed by atoms with E-state index in [1.54, 1.807) is 12.1 Å². The van der Waals surface area contributed by atoms with Gasteiger partial charge in [0.05, 0.1) is 0 Å². The minimum absolute atomic E-state index is 0.0576. The first-order valence-corrected chi connectivity index (χ1v) is 7.38. The number of rotatable bonds is 4. The molecule has 0 bridgehead atoms. The Kier molecular flexibility index (Phi) is 5.15. The molecular weight excluding hydrogens is 297 g/mol. The van der Waals surface area contributed by atoms with E-state index in [4.69, 9.17) is 28.5 Å². The van der Waals surface area contributed by atoms with Crippen LogP contribution in [0.4, 0.5) is 0 Å². The van der Waals surface area contributed by atoms with E-state index in [2.05, 4.69) is 5.40 Å². The van der Waals surface area contributed by atoms with Gasteiger partial charge < -0.3 is 0 Å². The predicted octanol–water partition coefficient (Wildman–Crippen LogP) is 5.49. The van der Waals surface area contributed by atoms with E-state index >= 15 is 0 Å². The molecule has 0 aromatic heterocycles. The monoisotopic (exact) mass is 307 g/mol. The lowest BCUT2D eigenvalue weighted by molar-refractivity contribution is 0.936. The first kappa shape index (κ1) is 14.3. The zero-order valence-electron chi connectivity index (χ0n) is 10.0. The molecule has 0 amide bonds. The maximum absolute atomic E-state index is 8.95. The molecule has 0 N–H and O–H groups in total. The molecule has 2 rings (SSSR count). The van der Waals surface area contributed by atoms with Crippen LogP contribution in [0.2, 0.25) is 10.0 Å². The topological polar surface area (TPSA) is 23.8 Å². The third-order valence-electron chi connectivity index (χ3n) is 2.78. The molecule has 0 heterocycles. The summed E-state index contributed by atoms with van der Waals surface area (Å²) in [5.74, 6) is 0. The number of thiocyanates is 1. The van der Waals surface area contributed by atoms with Crippen molar-refractivity contribution in [3.8, 4) is 5.40 Å². The van der Waals surface area contributed by atoms with E-state index in [1.807, 2.05) is 36.4 Å². The van der Waals surface area contributed by atoms with Gasteiger partial charge in [-0.2, -0.15) is 5.26 Å². The van der Waals surface area contributed by atoms with Gasteiger partial charge in [-0.25, -0.2) is 0 Å². The molecule has 0 saturated carbocycles. The number of nitriles is 1. The molecule has 0 aliphatic rings. The highest BCUT2D eigenvalue weighted by Gasteiger charge is 2.15. The number of thioether (sulfide) groups is 1. The van der Waals surface area contributed by atoms with Gasteiger partial charge in [0.1, 0.15) is 5.40 Å². The van der Waals surface area contributed by atoms with E-state index in [0.717, 1.165) is 11.1 Å². The normalized spacial score (nSPS) is 11.8. The third-order valence-corrected chi connectivity index (χ3v) is 4.21. The molecule has 0 spiro atoms. The van der Waals surface area contributed by atoms with Gasteiger partial charge in [0.2, 0.25) is 0 Å². The Labute approximate surface area is 127 Å². The summed E-state index contributed by atoms with van der Waals surface area (Å²) in [5, 5.41) is 12.5. The van der Waals surface area contributed by atoms with Crippen LogP contribution in [0.25, 0.3) is 0 Å². The average Bonchev–Trinajstić information content (AvgIpc) is 2.43. The van der Waals surface area contributed by atoms with Gasteiger partial charge in [-0.15, -0.1) is 0 Å². The summed E-state index contributed by atoms with van der Waals surface area (Å²) in [6.45, 7) is 0. The van der Waals surface area contributed by atoms with Crippen LogP contribution >= 0.6 is 35.0 Å². The number of hydrogen-bond donors (Lipinski definition) is 0. The van der Waals surface area contributed by atoms with Crippen molar-refractivity contribution in [2.75, 3.05) is 0 Å². The predicted molar refractivity (Wildman–Crippen MR) is 82.6 cm³/mol. The summed E-state index contributed by atoms with van der Waals surface area (Å²) < 4.78 is 0. The van der Waals surface area contributed by atoms with E-state index in [1.165, 1.54) is 11.8 Å². The fraction of sp³-hybridized carbons (Fsp3) is 0.133. The van der Waals surface area contributed by atoms with Gasteiger partial charge >= 0.3 is 0 Å². The maximum atomic E-state index is 8.95. The van der Waals surface area contributed by atoms with Crippen LogP contribution in [-0.4, -0.2) is 0 Å². The molecule has 0 fully saturated rings. The molecule has 2 aromatic rings. The molecule has 19 heavy (non-hydrogen) atoms. The molecule has 1 unspecified atom stereocenters. The van der Waals surface area contributed by atoms with E-state index in [9.17, 15) is 0 Å². The Bertz CT molecular complexity index is 593. The van der Waals surface area contributed by atoms with Crippen molar-refractivity contribution in [2.24, 2.45) is 0 Å². The Morgan fingerprint density at radius 3 is 2.53 bits per heavy atom. The van der Waals surface area contributed by atoms with Crippen LogP contribution in [0, 0.1) is 10.7 Å². The second-order valence-corrected chi connectivity index (χ2v) is 5.88. The van der Waals surface area contributed by atoms with Crippen LogP contribution in [0.15, 0.2) is 48.5 Å². The van der Waals surface area contributed by atoms with E-state index in [-0.39, 0.29) is 5.25 Å². The van der Waals surface area contributed by atoms with E-state index in [0.29, 0.717) is 16.5 Å². The largest absolute Gasteiger partial charge is 0.185 e. The molecule has 0 aliphatic heterocycles. The maximum Gasteiger partial charge on any atom is 0.133 e. The van der Waals surface area contributed by atoms with Gasteiger partial charge in [-0.1, -0.05) is 53.5 Å². The van der Waals surface area contributed by atoms with Crippen molar-refractivity contribution in [1.82, 2.24) is 0 Å². The molecule has 0 aliphatic carbocycles. The Morgan fingerprint density at radius 2 is 1.84 bits per heavy atom. The van der Waals surface area contributed by atoms with Crippen molar-refractivity contribution < 1.29 is 0 Å². The SMILES string of the molecule is N#CSC(Cc1cc(Cl)ccc1Cl)c1ccccc1. The van der Waals surface area contributed by atoms with Crippen LogP contribution in [-0.2, 0) is 6.42 Å². The third kappa shape index (κ3) is 3.91. The van der Waals surface area contributed by atoms with E-state index < -0.39 is 0 Å². The van der Waals surface area contributed by atoms with Gasteiger partial charge in [0.15, 0.2) is 0 Å². The minimum Gasteiger partial charge on any atom is -0.185 e. The van der Waals surface area contributed by atoms with Crippen LogP contribution in [0.3, 0.4) is 0 Å². The lowest BCUT2D eigenvalue weighted by Gasteiger charge is -2.14. The number of hydrogen-bond acceptors (Lipinski definition) is 2. The zero-order valence-corrected chi connectivity index (χ0v) is 12.3. The quantitative estimate of drug-likeness (QED) is 0.697. The highest BCUT2D eigenvalue weighted by molar-refractivity contribution is 8.03. The summed E-state index contributed by atoms with van der Waals surface area (Å²) in [6.07, 6.45) is 0.682. The standard InChI is InChI=1S/C15H11Cl2NS/c16-13-6-7-14(17)12(8-13)9-15(19-10-18)11-4-2-1-3-5-11/h1-8,15H,9H2. The summed E-state index contributed by atoms with van der Waals surface area (Å²) in [4.78, 5) is 0. The van der Waals surface area contributed by atoms with Gasteiger partial charge in [-0.05, 0) is 47.5 Å². The average molecular weight is 308 g/mol. The molecule has 1 atom stereocenters. The molecular formula is C15H11Cl2NS. The smallest absolute Gasteiger partial charge is 0.133 e. The lowest BCUT2D eigenvalue weighted by Crippen LogP contribution is -1.99. The number of halogens is 2. The molecule has 1 nitrogen and oxygen atoms in total. The van der Waals surface area contributed by atoms with Crippen LogP contribution in [0.5, 0.6) is 0 Å². The van der Waals surface area contributed by atoms with Crippen molar-refractivity contribution in [2.45, 2.75) is 11.7 Å². The van der Waals surface area contributed by atoms with Crippen LogP contribution in [0.1, 0.15) is 16.4 Å². The lowest BCUT2D eigenvalue weighted by atomic mass is 10.0. The molecule has 96 valence electrons. The Balaban J connectivity index is 2.27. The van der Waals surface area contributed by atoms with Gasteiger partial charge in [0, 0.05) is 15.3 Å². The highest BCUT2D eigenvalue weighted by Crippen LogP contribution is 2.34. The zero-order chi connectivity index (χ0) is 13.7. The fourth-order valence-corrected chi connectivity index (χ4v) is 2.93. The minimum atomic E-state index is 0.0576. The van der Waals surface area contributed by atoms with Crippen molar-refractivity contribution in [3.63, 3.8) is 0 Å². The highest BCUT2D eigenvalue weighted by atomic mass is 35.5. The second kappa shape index (κ2) is 6.86. The Hall–Kier alpha value is -1.14. The summed E-state index contributed by atoms with van der Waals surface area (Å²) in [5.41, 5.74) is 2.08.